The van der Waals surface area contributed by atoms with E-state index in [9.17, 15) is 4.79 Å². The van der Waals surface area contributed by atoms with Crippen LogP contribution in [0.3, 0.4) is 0 Å². The predicted molar refractivity (Wildman–Crippen MR) is 86.3 cm³/mol. The second-order valence-electron chi connectivity index (χ2n) is 5.68. The van der Waals surface area contributed by atoms with E-state index in [1.807, 2.05) is 24.3 Å². The summed E-state index contributed by atoms with van der Waals surface area (Å²) in [5.41, 5.74) is 1.74. The molecule has 1 aromatic rings. The molecule has 0 aliphatic rings. The van der Waals surface area contributed by atoms with Crippen molar-refractivity contribution in [1.82, 2.24) is 5.32 Å². The number of amides is 1. The van der Waals surface area contributed by atoms with Crippen LogP contribution >= 0.6 is 11.6 Å². The van der Waals surface area contributed by atoms with Crippen molar-refractivity contribution in [3.8, 4) is 0 Å². The first-order chi connectivity index (χ1) is 9.63. The molecule has 112 valence electrons. The molecule has 1 amide bonds. The number of alkyl halides is 1. The fraction of sp³-hybridized carbons (Fsp3) is 0.588. The summed E-state index contributed by atoms with van der Waals surface area (Å²) in [7, 11) is 0. The Morgan fingerprint density at radius 1 is 1.10 bits per heavy atom. The second-order valence-corrected chi connectivity index (χ2v) is 5.95. The van der Waals surface area contributed by atoms with Gasteiger partial charge >= 0.3 is 0 Å². The van der Waals surface area contributed by atoms with Crippen molar-refractivity contribution in [1.29, 1.82) is 0 Å². The third kappa shape index (κ3) is 6.95. The first-order valence-corrected chi connectivity index (χ1v) is 8.10. The molecule has 0 aliphatic carbocycles. The molecular formula is C17H26ClNO. The lowest BCUT2D eigenvalue weighted by Gasteiger charge is -2.06. The van der Waals surface area contributed by atoms with Gasteiger partial charge in [-0.05, 0) is 30.0 Å². The fourth-order valence-corrected chi connectivity index (χ4v) is 2.26. The van der Waals surface area contributed by atoms with Crippen LogP contribution in [0.5, 0.6) is 0 Å². The minimum Gasteiger partial charge on any atom is -0.352 e. The van der Waals surface area contributed by atoms with Gasteiger partial charge in [-0.1, -0.05) is 51.7 Å². The standard InChI is InChI=1S/C17H26ClNO/c1-14(2)7-5-3-4-6-12-19-17(20)16-10-8-15(13-18)9-11-16/h8-11,14H,3-7,12-13H2,1-2H3,(H,19,20). The molecule has 0 atom stereocenters. The van der Waals surface area contributed by atoms with Gasteiger partial charge in [-0.15, -0.1) is 11.6 Å². The molecule has 1 rings (SSSR count). The van der Waals surface area contributed by atoms with Crippen molar-refractivity contribution in [3.05, 3.63) is 35.4 Å². The van der Waals surface area contributed by atoms with Crippen LogP contribution in [0.4, 0.5) is 0 Å². The Morgan fingerprint density at radius 2 is 1.75 bits per heavy atom. The molecule has 1 N–H and O–H groups in total. The molecule has 0 spiro atoms. The number of carbonyl (C=O) groups excluding carboxylic acids is 1. The van der Waals surface area contributed by atoms with E-state index in [2.05, 4.69) is 19.2 Å². The number of nitrogens with one attached hydrogen (secondary N) is 1. The van der Waals surface area contributed by atoms with E-state index in [1.54, 1.807) is 0 Å². The zero-order valence-corrected chi connectivity index (χ0v) is 13.4. The molecule has 0 saturated carbocycles. The minimum absolute atomic E-state index is 0.00769. The van der Waals surface area contributed by atoms with E-state index >= 15 is 0 Å². The summed E-state index contributed by atoms with van der Waals surface area (Å²) in [6.07, 6.45) is 6.12. The molecule has 0 unspecified atom stereocenters. The summed E-state index contributed by atoms with van der Waals surface area (Å²) in [6.45, 7) is 5.28. The van der Waals surface area contributed by atoms with Gasteiger partial charge in [-0.2, -0.15) is 0 Å². The number of hydrogen-bond acceptors (Lipinski definition) is 1. The van der Waals surface area contributed by atoms with Crippen LogP contribution in [0, 0.1) is 5.92 Å². The van der Waals surface area contributed by atoms with Gasteiger partial charge in [0.1, 0.15) is 0 Å². The number of carbonyl (C=O) groups is 1. The number of unbranched alkanes of at least 4 members (excludes halogenated alkanes) is 3. The molecule has 0 aromatic heterocycles. The molecule has 0 aliphatic heterocycles. The Kier molecular flexibility index (Phi) is 8.36. The molecule has 0 fully saturated rings. The maximum Gasteiger partial charge on any atom is 0.251 e. The van der Waals surface area contributed by atoms with E-state index in [0.29, 0.717) is 11.4 Å². The fourth-order valence-electron chi connectivity index (χ4n) is 2.08. The van der Waals surface area contributed by atoms with Crippen molar-refractivity contribution in [2.45, 2.75) is 51.8 Å². The highest BCUT2D eigenvalue weighted by molar-refractivity contribution is 6.17. The number of rotatable bonds is 9. The number of halogens is 1. The molecule has 1 aromatic carbocycles. The average molecular weight is 296 g/mol. The van der Waals surface area contributed by atoms with Crippen LogP contribution in [-0.2, 0) is 5.88 Å². The summed E-state index contributed by atoms with van der Waals surface area (Å²) in [5, 5.41) is 2.96. The van der Waals surface area contributed by atoms with E-state index < -0.39 is 0 Å². The molecule has 20 heavy (non-hydrogen) atoms. The summed E-state index contributed by atoms with van der Waals surface area (Å²) in [6, 6.07) is 7.45. The third-order valence-electron chi connectivity index (χ3n) is 3.36. The van der Waals surface area contributed by atoms with Gasteiger partial charge in [-0.3, -0.25) is 4.79 Å². The molecule has 0 radical (unpaired) electrons. The number of benzene rings is 1. The zero-order valence-electron chi connectivity index (χ0n) is 12.6. The van der Waals surface area contributed by atoms with Crippen LogP contribution in [0.25, 0.3) is 0 Å². The predicted octanol–water partition coefficient (Wildman–Crippen LogP) is 4.76. The van der Waals surface area contributed by atoms with Crippen molar-refractivity contribution in [2.75, 3.05) is 6.54 Å². The molecule has 0 heterocycles. The molecule has 3 heteroatoms. The van der Waals surface area contributed by atoms with Crippen LogP contribution in [-0.4, -0.2) is 12.5 Å². The van der Waals surface area contributed by atoms with E-state index in [0.717, 1.165) is 24.4 Å². The van der Waals surface area contributed by atoms with Gasteiger partial charge in [0.2, 0.25) is 0 Å². The van der Waals surface area contributed by atoms with E-state index in [-0.39, 0.29) is 5.91 Å². The van der Waals surface area contributed by atoms with Gasteiger partial charge in [0.05, 0.1) is 0 Å². The van der Waals surface area contributed by atoms with E-state index in [4.69, 9.17) is 11.6 Å². The smallest absolute Gasteiger partial charge is 0.251 e. The lowest BCUT2D eigenvalue weighted by atomic mass is 10.0. The number of hydrogen-bond donors (Lipinski definition) is 1. The minimum atomic E-state index is 0.00769. The summed E-state index contributed by atoms with van der Waals surface area (Å²) in [5.74, 6) is 1.29. The molecule has 0 saturated heterocycles. The summed E-state index contributed by atoms with van der Waals surface area (Å²) >= 11 is 5.72. The third-order valence-corrected chi connectivity index (χ3v) is 3.67. The highest BCUT2D eigenvalue weighted by atomic mass is 35.5. The van der Waals surface area contributed by atoms with Gasteiger partial charge in [0.25, 0.3) is 5.91 Å². The van der Waals surface area contributed by atoms with Gasteiger partial charge in [-0.25, -0.2) is 0 Å². The average Bonchev–Trinajstić information content (AvgIpc) is 2.45. The molecule has 2 nitrogen and oxygen atoms in total. The molecular weight excluding hydrogens is 270 g/mol. The van der Waals surface area contributed by atoms with Gasteiger partial charge in [0, 0.05) is 18.0 Å². The van der Waals surface area contributed by atoms with Crippen molar-refractivity contribution in [2.24, 2.45) is 5.92 Å². The summed E-state index contributed by atoms with van der Waals surface area (Å²) in [4.78, 5) is 11.9. The topological polar surface area (TPSA) is 29.1 Å². The monoisotopic (exact) mass is 295 g/mol. The summed E-state index contributed by atoms with van der Waals surface area (Å²) < 4.78 is 0. The Balaban J connectivity index is 2.13. The lowest BCUT2D eigenvalue weighted by molar-refractivity contribution is 0.0953. The zero-order chi connectivity index (χ0) is 14.8. The second kappa shape index (κ2) is 9.82. The van der Waals surface area contributed by atoms with Gasteiger partial charge in [0.15, 0.2) is 0 Å². The normalized spacial score (nSPS) is 10.8. The van der Waals surface area contributed by atoms with Crippen LogP contribution in [0.1, 0.15) is 61.9 Å². The maximum absolute atomic E-state index is 11.9. The Morgan fingerprint density at radius 3 is 2.35 bits per heavy atom. The Hall–Kier alpha value is -1.02. The highest BCUT2D eigenvalue weighted by Gasteiger charge is 2.04. The van der Waals surface area contributed by atoms with Crippen LogP contribution in [0.15, 0.2) is 24.3 Å². The maximum atomic E-state index is 11.9. The lowest BCUT2D eigenvalue weighted by Crippen LogP contribution is -2.24. The SMILES string of the molecule is CC(C)CCCCCCNC(=O)c1ccc(CCl)cc1. The van der Waals surface area contributed by atoms with E-state index in [1.165, 1.54) is 25.7 Å². The van der Waals surface area contributed by atoms with Crippen LogP contribution < -0.4 is 5.32 Å². The Bertz CT molecular complexity index is 386. The van der Waals surface area contributed by atoms with Gasteiger partial charge < -0.3 is 5.32 Å². The molecule has 0 bridgehead atoms. The first kappa shape index (κ1) is 17.0. The van der Waals surface area contributed by atoms with Crippen molar-refractivity contribution in [3.63, 3.8) is 0 Å². The first-order valence-electron chi connectivity index (χ1n) is 7.56. The Labute approximate surface area is 127 Å². The highest BCUT2D eigenvalue weighted by Crippen LogP contribution is 2.09. The van der Waals surface area contributed by atoms with Crippen LogP contribution in [0.2, 0.25) is 0 Å². The quantitative estimate of drug-likeness (QED) is 0.516. The van der Waals surface area contributed by atoms with Crippen molar-refractivity contribution < 1.29 is 4.79 Å². The van der Waals surface area contributed by atoms with Crippen molar-refractivity contribution >= 4 is 17.5 Å². The largest absolute Gasteiger partial charge is 0.352 e.